The molecule has 0 saturated carbocycles. The predicted octanol–water partition coefficient (Wildman–Crippen LogP) is -1.75. The maximum atomic E-state index is 9.93. The van der Waals surface area contributed by atoms with E-state index in [1.807, 2.05) is 0 Å². The van der Waals surface area contributed by atoms with Gasteiger partial charge in [-0.05, 0) is 10.4 Å². The lowest BCUT2D eigenvalue weighted by Gasteiger charge is -1.82. The van der Waals surface area contributed by atoms with Crippen molar-refractivity contribution >= 4 is 0 Å². The first kappa shape index (κ1) is 7.38. The van der Waals surface area contributed by atoms with E-state index in [0.717, 1.165) is 0 Å². The number of tetrazole rings is 1. The van der Waals surface area contributed by atoms with Crippen molar-refractivity contribution in [3.63, 3.8) is 0 Å². The fourth-order valence-corrected chi connectivity index (χ4v) is 0.612. The average molecular weight is 158 g/mol. The first-order chi connectivity index (χ1) is 5.11. The van der Waals surface area contributed by atoms with Crippen molar-refractivity contribution in [2.45, 2.75) is 0 Å². The van der Waals surface area contributed by atoms with Crippen LogP contribution in [0.4, 0.5) is 0 Å². The number of hydrogen-bond acceptors (Lipinski definition) is 4. The van der Waals surface area contributed by atoms with Crippen molar-refractivity contribution < 1.29 is 5.03 Å². The lowest BCUT2D eigenvalue weighted by molar-refractivity contribution is -0.491. The topological polar surface area (TPSA) is 91.1 Å². The van der Waals surface area contributed by atoms with Gasteiger partial charge in [0, 0.05) is 14.1 Å². The van der Waals surface area contributed by atoms with Crippen LogP contribution in [-0.4, -0.2) is 24.8 Å². The molecule has 1 aromatic rings. The van der Waals surface area contributed by atoms with E-state index >= 15 is 0 Å². The summed E-state index contributed by atoms with van der Waals surface area (Å²) in [6.07, 6.45) is 0. The summed E-state index contributed by atoms with van der Waals surface area (Å²) in [6, 6.07) is 0. The van der Waals surface area contributed by atoms with Crippen molar-refractivity contribution in [2.75, 3.05) is 0 Å². The zero-order valence-corrected chi connectivity index (χ0v) is 6.00. The number of nitrogens with zero attached hydrogens (tertiary/aromatic N) is 6. The Morgan fingerprint density at radius 1 is 1.45 bits per heavy atom. The predicted molar refractivity (Wildman–Crippen MR) is 32.5 cm³/mol. The van der Waals surface area contributed by atoms with Gasteiger partial charge < -0.3 is 0 Å². The third-order valence-electron chi connectivity index (χ3n) is 1.06. The molecule has 0 aliphatic heterocycles. The smallest absolute Gasteiger partial charge is 0.233 e. The number of aromatic nitrogens is 4. The van der Waals surface area contributed by atoms with E-state index in [-0.39, 0.29) is 5.62 Å². The summed E-state index contributed by atoms with van der Waals surface area (Å²) in [6.45, 7) is 0. The van der Waals surface area contributed by atoms with Gasteiger partial charge in [0.25, 0.3) is 0 Å². The van der Waals surface area contributed by atoms with Crippen LogP contribution in [-0.2, 0) is 14.1 Å². The van der Waals surface area contributed by atoms with E-state index in [1.54, 1.807) is 0 Å². The second-order valence-electron chi connectivity index (χ2n) is 1.86. The quantitative estimate of drug-likeness (QED) is 0.357. The summed E-state index contributed by atoms with van der Waals surface area (Å²) in [7, 11) is 3.05. The van der Waals surface area contributed by atoms with Crippen LogP contribution in [0.15, 0.2) is 5.10 Å². The molecule has 60 valence electrons. The first-order valence-corrected chi connectivity index (χ1v) is 2.73. The van der Waals surface area contributed by atoms with Crippen molar-refractivity contribution in [3.8, 4) is 0 Å². The molecule has 0 saturated heterocycles. The second kappa shape index (κ2) is 2.48. The van der Waals surface area contributed by atoms with Crippen molar-refractivity contribution in [2.24, 2.45) is 19.2 Å². The number of aryl methyl sites for hydroxylation is 2. The summed E-state index contributed by atoms with van der Waals surface area (Å²) in [5.74, 6) is 0. The summed E-state index contributed by atoms with van der Waals surface area (Å²) in [5.41, 5.74) is 0.0926. The standard InChI is InChI=1S/C3H6N6O2/c1-7-3(4-9(10)11)8(2)6-5-7/h1-2H3. The zero-order valence-electron chi connectivity index (χ0n) is 6.00. The van der Waals surface area contributed by atoms with Gasteiger partial charge in [-0.3, -0.25) is 0 Å². The molecule has 8 nitrogen and oxygen atoms in total. The van der Waals surface area contributed by atoms with Crippen LogP contribution in [0.25, 0.3) is 0 Å². The lowest BCUT2D eigenvalue weighted by atomic mass is 11.1. The Kier molecular flexibility index (Phi) is 1.66. The highest BCUT2D eigenvalue weighted by atomic mass is 16.7. The van der Waals surface area contributed by atoms with E-state index in [0.29, 0.717) is 0 Å². The Hall–Kier alpha value is -1.73. The highest BCUT2D eigenvalue weighted by molar-refractivity contribution is 4.46. The van der Waals surface area contributed by atoms with Gasteiger partial charge in [-0.1, -0.05) is 0 Å². The lowest BCUT2D eigenvalue weighted by Crippen LogP contribution is -2.24. The molecular weight excluding hydrogens is 152 g/mol. The van der Waals surface area contributed by atoms with Crippen LogP contribution < -0.4 is 5.62 Å². The van der Waals surface area contributed by atoms with Gasteiger partial charge >= 0.3 is 5.62 Å². The fraction of sp³-hybridized carbons (Fsp3) is 0.667. The van der Waals surface area contributed by atoms with E-state index < -0.39 is 5.03 Å². The molecule has 0 aliphatic carbocycles. The maximum Gasteiger partial charge on any atom is 0.317 e. The van der Waals surface area contributed by atoms with E-state index in [1.165, 1.54) is 23.5 Å². The monoisotopic (exact) mass is 158 g/mol. The third kappa shape index (κ3) is 1.39. The van der Waals surface area contributed by atoms with Crippen LogP contribution >= 0.6 is 0 Å². The van der Waals surface area contributed by atoms with E-state index in [2.05, 4.69) is 15.5 Å². The van der Waals surface area contributed by atoms with Crippen molar-refractivity contribution in [1.29, 1.82) is 0 Å². The molecule has 1 aromatic heterocycles. The molecule has 1 rings (SSSR count). The Morgan fingerprint density at radius 2 is 1.91 bits per heavy atom. The molecule has 0 aliphatic rings. The van der Waals surface area contributed by atoms with E-state index in [9.17, 15) is 10.1 Å². The number of rotatable bonds is 1. The molecule has 0 radical (unpaired) electrons. The zero-order chi connectivity index (χ0) is 8.43. The van der Waals surface area contributed by atoms with Crippen LogP contribution in [0.5, 0.6) is 0 Å². The molecule has 0 aromatic carbocycles. The van der Waals surface area contributed by atoms with Gasteiger partial charge in [0.05, 0.1) is 0 Å². The molecule has 0 atom stereocenters. The summed E-state index contributed by atoms with van der Waals surface area (Å²) in [4.78, 5) is 9.93. The van der Waals surface area contributed by atoms with Crippen LogP contribution in [0.1, 0.15) is 0 Å². The molecule has 0 bridgehead atoms. The normalized spacial score (nSPS) is 9.64. The Bertz CT molecular complexity index is 311. The molecule has 11 heavy (non-hydrogen) atoms. The Morgan fingerprint density at radius 3 is 2.27 bits per heavy atom. The Labute approximate surface area is 60.9 Å². The summed E-state index contributed by atoms with van der Waals surface area (Å²) < 4.78 is 2.42. The summed E-state index contributed by atoms with van der Waals surface area (Å²) >= 11 is 0. The molecule has 0 unspecified atom stereocenters. The fourth-order valence-electron chi connectivity index (χ4n) is 0.612. The largest absolute Gasteiger partial charge is 0.317 e. The van der Waals surface area contributed by atoms with Gasteiger partial charge in [-0.2, -0.15) is 0 Å². The number of hydrogen-bond donors (Lipinski definition) is 0. The molecule has 8 heteroatoms. The van der Waals surface area contributed by atoms with Gasteiger partial charge in [-0.25, -0.2) is 19.5 Å². The second-order valence-corrected chi connectivity index (χ2v) is 1.86. The van der Waals surface area contributed by atoms with Gasteiger partial charge in [0.2, 0.25) is 0 Å². The molecule has 0 N–H and O–H groups in total. The van der Waals surface area contributed by atoms with Gasteiger partial charge in [0.15, 0.2) is 5.03 Å². The Balaban J connectivity index is 3.31. The van der Waals surface area contributed by atoms with Crippen LogP contribution in [0.3, 0.4) is 0 Å². The highest BCUT2D eigenvalue weighted by Crippen LogP contribution is 1.67. The first-order valence-electron chi connectivity index (χ1n) is 2.73. The minimum absolute atomic E-state index is 0.0926. The molecule has 1 heterocycles. The van der Waals surface area contributed by atoms with Crippen molar-refractivity contribution in [3.05, 3.63) is 15.7 Å². The molecule has 0 amide bonds. The minimum Gasteiger partial charge on any atom is -0.233 e. The van der Waals surface area contributed by atoms with Gasteiger partial charge in [-0.15, -0.1) is 0 Å². The molecule has 0 fully saturated rings. The number of nitro groups is 1. The van der Waals surface area contributed by atoms with Gasteiger partial charge in [0.1, 0.15) is 5.10 Å². The molecular formula is C3H6N6O2. The maximum absolute atomic E-state index is 9.93. The van der Waals surface area contributed by atoms with Crippen LogP contribution in [0.2, 0.25) is 0 Å². The minimum atomic E-state index is -0.793. The van der Waals surface area contributed by atoms with Crippen LogP contribution in [0, 0.1) is 10.1 Å². The average Bonchev–Trinajstić information content (AvgIpc) is 2.18. The highest BCUT2D eigenvalue weighted by Gasteiger charge is 2.00. The molecule has 0 spiro atoms. The SMILES string of the molecule is Cn1nnn(C)c1=N[N+](=O)[O-]. The summed E-state index contributed by atoms with van der Waals surface area (Å²) in [5, 5.41) is 19.2. The third-order valence-corrected chi connectivity index (χ3v) is 1.06. The van der Waals surface area contributed by atoms with Crippen molar-refractivity contribution in [1.82, 2.24) is 19.8 Å². The van der Waals surface area contributed by atoms with E-state index in [4.69, 9.17) is 0 Å².